The molecule has 5 heteroatoms. The predicted molar refractivity (Wildman–Crippen MR) is 50.6 cm³/mol. The lowest BCUT2D eigenvalue weighted by atomic mass is 10.1. The highest BCUT2D eigenvalue weighted by molar-refractivity contribution is 6.32. The predicted octanol–water partition coefficient (Wildman–Crippen LogP) is 1.16. The van der Waals surface area contributed by atoms with E-state index in [1.165, 1.54) is 0 Å². The standard InChI is InChI=1S/C8H12ClN3O/c9-7-4-12(11-8(7)10)3-6-1-2-13-5-6/h4,6H,1-3,5H2,(H2,10,11). The van der Waals surface area contributed by atoms with Gasteiger partial charge in [-0.2, -0.15) is 5.10 Å². The largest absolute Gasteiger partial charge is 0.381 e. The zero-order valence-corrected chi connectivity index (χ0v) is 8.00. The van der Waals surface area contributed by atoms with E-state index in [4.69, 9.17) is 22.1 Å². The van der Waals surface area contributed by atoms with Crippen LogP contribution in [0.5, 0.6) is 0 Å². The summed E-state index contributed by atoms with van der Waals surface area (Å²) < 4.78 is 7.05. The number of aromatic nitrogens is 2. The Kier molecular flexibility index (Phi) is 2.42. The smallest absolute Gasteiger partial charge is 0.164 e. The maximum Gasteiger partial charge on any atom is 0.164 e. The van der Waals surface area contributed by atoms with Gasteiger partial charge in [0.2, 0.25) is 0 Å². The highest BCUT2D eigenvalue weighted by Crippen LogP contribution is 2.19. The summed E-state index contributed by atoms with van der Waals surface area (Å²) in [6.45, 7) is 2.52. The minimum Gasteiger partial charge on any atom is -0.381 e. The van der Waals surface area contributed by atoms with Gasteiger partial charge in [-0.25, -0.2) is 0 Å². The normalized spacial score (nSPS) is 22.4. The van der Waals surface area contributed by atoms with Gasteiger partial charge in [-0.3, -0.25) is 4.68 Å². The minimum atomic E-state index is 0.403. The average Bonchev–Trinajstić information content (AvgIpc) is 2.64. The topological polar surface area (TPSA) is 53.1 Å². The van der Waals surface area contributed by atoms with Crippen LogP contribution in [0.25, 0.3) is 0 Å². The second kappa shape index (κ2) is 3.55. The fourth-order valence-electron chi connectivity index (χ4n) is 1.50. The van der Waals surface area contributed by atoms with E-state index in [9.17, 15) is 0 Å². The van der Waals surface area contributed by atoms with Crippen molar-refractivity contribution in [1.29, 1.82) is 0 Å². The molecule has 0 bridgehead atoms. The Morgan fingerprint density at radius 1 is 1.77 bits per heavy atom. The molecule has 1 unspecified atom stereocenters. The molecule has 1 fully saturated rings. The first-order valence-electron chi connectivity index (χ1n) is 4.32. The van der Waals surface area contributed by atoms with Gasteiger partial charge in [-0.15, -0.1) is 0 Å². The Morgan fingerprint density at radius 3 is 3.15 bits per heavy atom. The van der Waals surface area contributed by atoms with Gasteiger partial charge in [-0.1, -0.05) is 11.6 Å². The first kappa shape index (κ1) is 8.84. The fraction of sp³-hybridized carbons (Fsp3) is 0.625. The molecule has 0 radical (unpaired) electrons. The molecule has 2 heterocycles. The number of halogens is 1. The van der Waals surface area contributed by atoms with Crippen LogP contribution in [-0.4, -0.2) is 23.0 Å². The number of nitrogens with zero attached hydrogens (tertiary/aromatic N) is 2. The van der Waals surface area contributed by atoms with Crippen LogP contribution >= 0.6 is 11.6 Å². The van der Waals surface area contributed by atoms with Crippen LogP contribution in [0.1, 0.15) is 6.42 Å². The second-order valence-electron chi connectivity index (χ2n) is 3.31. The molecule has 72 valence electrons. The molecule has 1 aromatic heterocycles. The van der Waals surface area contributed by atoms with Gasteiger partial charge in [0, 0.05) is 25.3 Å². The number of anilines is 1. The molecule has 13 heavy (non-hydrogen) atoms. The lowest BCUT2D eigenvalue weighted by Crippen LogP contribution is -2.11. The molecule has 0 aliphatic carbocycles. The van der Waals surface area contributed by atoms with Crippen LogP contribution < -0.4 is 5.73 Å². The van der Waals surface area contributed by atoms with E-state index in [0.29, 0.717) is 16.8 Å². The molecule has 1 aromatic rings. The maximum atomic E-state index is 5.78. The van der Waals surface area contributed by atoms with Crippen molar-refractivity contribution in [1.82, 2.24) is 9.78 Å². The molecule has 1 atom stereocenters. The van der Waals surface area contributed by atoms with Crippen LogP contribution in [0.15, 0.2) is 6.20 Å². The number of nitrogens with two attached hydrogens (primary N) is 1. The molecule has 2 rings (SSSR count). The molecular formula is C8H12ClN3O. The fourth-order valence-corrected chi connectivity index (χ4v) is 1.65. The number of rotatable bonds is 2. The van der Waals surface area contributed by atoms with Gasteiger partial charge in [-0.05, 0) is 6.42 Å². The number of nitrogen functional groups attached to an aromatic ring is 1. The maximum absolute atomic E-state index is 5.78. The van der Waals surface area contributed by atoms with E-state index < -0.39 is 0 Å². The molecule has 1 aliphatic heterocycles. The van der Waals surface area contributed by atoms with Crippen molar-refractivity contribution in [2.75, 3.05) is 18.9 Å². The van der Waals surface area contributed by atoms with Crippen LogP contribution in [0.2, 0.25) is 5.02 Å². The van der Waals surface area contributed by atoms with E-state index in [1.54, 1.807) is 10.9 Å². The van der Waals surface area contributed by atoms with Gasteiger partial charge >= 0.3 is 0 Å². The third-order valence-corrected chi connectivity index (χ3v) is 2.50. The summed E-state index contributed by atoms with van der Waals surface area (Å²) in [5.41, 5.74) is 5.52. The van der Waals surface area contributed by atoms with E-state index in [0.717, 1.165) is 26.2 Å². The summed E-state index contributed by atoms with van der Waals surface area (Å²) in [6.07, 6.45) is 2.85. The molecule has 0 amide bonds. The molecular weight excluding hydrogens is 190 g/mol. The van der Waals surface area contributed by atoms with Crippen molar-refractivity contribution in [2.45, 2.75) is 13.0 Å². The Balaban J connectivity index is 2.00. The van der Waals surface area contributed by atoms with E-state index >= 15 is 0 Å². The van der Waals surface area contributed by atoms with Crippen LogP contribution in [0.3, 0.4) is 0 Å². The van der Waals surface area contributed by atoms with Crippen molar-refractivity contribution in [3.8, 4) is 0 Å². The molecule has 0 spiro atoms. The first-order valence-corrected chi connectivity index (χ1v) is 4.69. The first-order chi connectivity index (χ1) is 6.25. The molecule has 4 nitrogen and oxygen atoms in total. The summed E-state index contributed by atoms with van der Waals surface area (Å²) in [6, 6.07) is 0. The molecule has 1 aliphatic rings. The van der Waals surface area contributed by atoms with Gasteiger partial charge < -0.3 is 10.5 Å². The summed E-state index contributed by atoms with van der Waals surface area (Å²) in [4.78, 5) is 0. The van der Waals surface area contributed by atoms with Gasteiger partial charge in [0.15, 0.2) is 5.82 Å². The van der Waals surface area contributed by atoms with Crippen molar-refractivity contribution < 1.29 is 4.74 Å². The highest BCUT2D eigenvalue weighted by Gasteiger charge is 2.16. The number of hydrogen-bond donors (Lipinski definition) is 1. The Hall–Kier alpha value is -0.740. The van der Waals surface area contributed by atoms with Crippen LogP contribution in [-0.2, 0) is 11.3 Å². The zero-order valence-electron chi connectivity index (χ0n) is 7.24. The molecule has 0 aromatic carbocycles. The average molecular weight is 202 g/mol. The Labute approximate surface area is 81.6 Å². The van der Waals surface area contributed by atoms with E-state index in [1.807, 2.05) is 0 Å². The van der Waals surface area contributed by atoms with Crippen LogP contribution in [0.4, 0.5) is 5.82 Å². The van der Waals surface area contributed by atoms with Crippen molar-refractivity contribution >= 4 is 17.4 Å². The summed E-state index contributed by atoms with van der Waals surface area (Å²) in [7, 11) is 0. The lowest BCUT2D eigenvalue weighted by molar-refractivity contribution is 0.181. The number of ether oxygens (including phenoxy) is 1. The monoisotopic (exact) mass is 201 g/mol. The highest BCUT2D eigenvalue weighted by atomic mass is 35.5. The molecule has 0 saturated carbocycles. The van der Waals surface area contributed by atoms with E-state index in [-0.39, 0.29) is 0 Å². The van der Waals surface area contributed by atoms with Crippen LogP contribution in [0, 0.1) is 5.92 Å². The Morgan fingerprint density at radius 2 is 2.62 bits per heavy atom. The lowest BCUT2D eigenvalue weighted by Gasteiger charge is -2.06. The van der Waals surface area contributed by atoms with Gasteiger partial charge in [0.1, 0.15) is 5.02 Å². The zero-order chi connectivity index (χ0) is 9.26. The van der Waals surface area contributed by atoms with Crippen molar-refractivity contribution in [3.05, 3.63) is 11.2 Å². The van der Waals surface area contributed by atoms with Gasteiger partial charge in [0.25, 0.3) is 0 Å². The quantitative estimate of drug-likeness (QED) is 0.781. The minimum absolute atomic E-state index is 0.403. The Bertz CT molecular complexity index is 274. The summed E-state index contributed by atoms with van der Waals surface area (Å²) in [5.74, 6) is 0.955. The summed E-state index contributed by atoms with van der Waals surface area (Å²) in [5, 5.41) is 4.61. The van der Waals surface area contributed by atoms with Gasteiger partial charge in [0.05, 0.1) is 6.61 Å². The van der Waals surface area contributed by atoms with Crippen molar-refractivity contribution in [2.24, 2.45) is 5.92 Å². The third kappa shape index (κ3) is 1.95. The molecule has 1 saturated heterocycles. The number of hydrogen-bond acceptors (Lipinski definition) is 3. The molecule has 2 N–H and O–H groups in total. The third-order valence-electron chi connectivity index (χ3n) is 2.21. The van der Waals surface area contributed by atoms with E-state index in [2.05, 4.69) is 5.10 Å². The second-order valence-corrected chi connectivity index (χ2v) is 3.72. The summed E-state index contributed by atoms with van der Waals surface area (Å²) >= 11 is 5.78. The SMILES string of the molecule is Nc1nn(CC2CCOC2)cc1Cl. The van der Waals surface area contributed by atoms with Crippen molar-refractivity contribution in [3.63, 3.8) is 0 Å².